The largest absolute Gasteiger partial charge is 0.458 e. The molecule has 1 aromatic heterocycles. The number of rotatable bonds is 12. The average Bonchev–Trinajstić information content (AvgIpc) is 3.80. The second kappa shape index (κ2) is 20.2. The van der Waals surface area contributed by atoms with Gasteiger partial charge in [0.15, 0.2) is 17.7 Å². The Morgan fingerprint density at radius 3 is 2.38 bits per heavy atom. The summed E-state index contributed by atoms with van der Waals surface area (Å²) >= 11 is 0. The zero-order valence-electron chi connectivity index (χ0n) is 37.9. The number of anilines is 1. The van der Waals surface area contributed by atoms with Gasteiger partial charge < -0.3 is 49.8 Å². The lowest BCUT2D eigenvalue weighted by molar-refractivity contribution is -0.316. The van der Waals surface area contributed by atoms with E-state index < -0.39 is 89.8 Å². The van der Waals surface area contributed by atoms with Crippen LogP contribution >= 0.6 is 0 Å². The first-order valence-corrected chi connectivity index (χ1v) is 21.9. The summed E-state index contributed by atoms with van der Waals surface area (Å²) < 4.78 is 33.3. The van der Waals surface area contributed by atoms with Gasteiger partial charge >= 0.3 is 12.1 Å². The first-order chi connectivity index (χ1) is 28.8. The Kier molecular flexibility index (Phi) is 16.0. The maximum absolute atomic E-state index is 14.4. The third-order valence-corrected chi connectivity index (χ3v) is 13.2. The van der Waals surface area contributed by atoms with Crippen LogP contribution in [0.15, 0.2) is 30.5 Å². The number of Topliss-reactive ketones (excluding diaryl/α,β-unsaturated/α-hetero) is 1. The molecule has 1 amide bonds. The second-order valence-electron chi connectivity index (χ2n) is 18.1. The average molecular weight is 858 g/mol. The van der Waals surface area contributed by atoms with Crippen molar-refractivity contribution in [3.63, 3.8) is 0 Å². The second-order valence-corrected chi connectivity index (χ2v) is 18.1. The Hall–Kier alpha value is -3.71. The van der Waals surface area contributed by atoms with Crippen LogP contribution in [-0.4, -0.2) is 153 Å². The van der Waals surface area contributed by atoms with E-state index in [0.29, 0.717) is 57.4 Å². The van der Waals surface area contributed by atoms with Gasteiger partial charge in [-0.15, -0.1) is 5.10 Å². The van der Waals surface area contributed by atoms with Gasteiger partial charge in [0.2, 0.25) is 0 Å². The lowest BCUT2D eigenvalue weighted by Gasteiger charge is -2.48. The van der Waals surface area contributed by atoms with E-state index in [-0.39, 0.29) is 12.0 Å². The van der Waals surface area contributed by atoms with E-state index in [2.05, 4.69) is 22.6 Å². The third kappa shape index (κ3) is 10.4. The van der Waals surface area contributed by atoms with Crippen LogP contribution in [0.1, 0.15) is 87.5 Å². The van der Waals surface area contributed by atoms with E-state index >= 15 is 0 Å². The number of hydrogen-bond donors (Lipinski definition) is 4. The fourth-order valence-corrected chi connectivity index (χ4v) is 9.78. The van der Waals surface area contributed by atoms with Crippen LogP contribution in [0.2, 0.25) is 0 Å². The highest BCUT2D eigenvalue weighted by Crippen LogP contribution is 2.40. The van der Waals surface area contributed by atoms with Crippen molar-refractivity contribution in [1.82, 2.24) is 30.1 Å². The summed E-state index contributed by atoms with van der Waals surface area (Å²) in [6.45, 7) is 16.1. The van der Waals surface area contributed by atoms with Gasteiger partial charge in [-0.1, -0.05) is 45.0 Å². The molecule has 2 unspecified atom stereocenters. The minimum Gasteiger partial charge on any atom is -0.458 e. The predicted molar refractivity (Wildman–Crippen MR) is 228 cm³/mol. The van der Waals surface area contributed by atoms with Crippen molar-refractivity contribution < 1.29 is 48.3 Å². The number of cyclic esters (lactones) is 1. The highest BCUT2D eigenvalue weighted by atomic mass is 16.7. The number of nitrogens with zero attached hydrogens (tertiary/aromatic N) is 5. The number of ether oxygens (including phenoxy) is 5. The molecule has 17 heteroatoms. The van der Waals surface area contributed by atoms with Crippen LogP contribution in [0.4, 0.5) is 10.5 Å². The first-order valence-electron chi connectivity index (χ1n) is 21.9. The number of carbonyl (C=O) groups is 3. The number of nitrogen functional groups attached to an aromatic ring is 1. The number of methoxy groups -OCH3 is 1. The standard InChI is InChI=1S/C44H71N7O10/c1-12-32-36(53)34(49(9)10)37(54)41(58-32)60-39-26(4)35(52)27(5)40(55)59-33(13-2)44(8)38(28(6)46-23-25(3)22-43(39,7)57-11)51(42(56)61-44)20-15-14-19-50-24-31(47-48-50)29-17-16-18-30(45)21-29/h16-18,21,24-28,32-34,36-39,41,46,53-54H,12-15,19-20,22-23,45H2,1-11H3/t25-,26-,27-,28-,32-,33-,34+,36-,37-,38?,39-,41?,43-,44-/m1/s1. The lowest BCUT2D eigenvalue weighted by Crippen LogP contribution is -2.64. The molecule has 3 saturated heterocycles. The van der Waals surface area contributed by atoms with Crippen LogP contribution in [0.25, 0.3) is 11.3 Å². The molecule has 0 radical (unpaired) electrons. The number of esters is 1. The molecular weight excluding hydrogens is 787 g/mol. The first kappa shape index (κ1) is 48.3. The molecule has 0 spiro atoms. The van der Waals surface area contributed by atoms with Gasteiger partial charge in [0.05, 0.1) is 42.2 Å². The van der Waals surface area contributed by atoms with E-state index in [1.54, 1.807) is 42.6 Å². The lowest BCUT2D eigenvalue weighted by atomic mass is 9.78. The summed E-state index contributed by atoms with van der Waals surface area (Å²) in [6.07, 6.45) is -2.04. The molecule has 2 aromatic rings. The van der Waals surface area contributed by atoms with Gasteiger partial charge in [-0.25, -0.2) is 4.79 Å². The van der Waals surface area contributed by atoms with Crippen LogP contribution in [0, 0.1) is 17.8 Å². The molecule has 14 atom stereocenters. The Labute approximate surface area is 360 Å². The number of aliphatic hydroxyl groups excluding tert-OH is 2. The smallest absolute Gasteiger partial charge is 0.410 e. The van der Waals surface area contributed by atoms with Gasteiger partial charge in [0.1, 0.15) is 23.8 Å². The van der Waals surface area contributed by atoms with Crippen molar-refractivity contribution in [2.24, 2.45) is 17.8 Å². The molecule has 0 aliphatic carbocycles. The SMILES string of the molecule is CC[C@H]1OC(O[C@@H]2[C@H](C)C(=O)[C@@H](C)C(=O)O[C@H](CC)[C@@]3(C)OC(=O)N(CCCCn4cc(-c5cccc(N)c5)nn4)C3[C@@H](C)NC[C@H](C)C[C@@]2(C)OC)[C@H](O)[C@@H](N(C)C)[C@@H]1O. The van der Waals surface area contributed by atoms with Crippen molar-refractivity contribution in [2.75, 3.05) is 40.0 Å². The van der Waals surface area contributed by atoms with Crippen LogP contribution in [0.5, 0.6) is 0 Å². The number of likely N-dealkylation sites (N-methyl/N-ethyl adjacent to an activating group) is 1. The summed E-state index contributed by atoms with van der Waals surface area (Å²) in [4.78, 5) is 45.8. The number of carbonyl (C=O) groups excluding carboxylic acids is 3. The zero-order valence-corrected chi connectivity index (χ0v) is 37.9. The molecule has 17 nitrogen and oxygen atoms in total. The molecule has 0 bridgehead atoms. The van der Waals surface area contributed by atoms with E-state index in [4.69, 9.17) is 29.4 Å². The predicted octanol–water partition coefficient (Wildman–Crippen LogP) is 3.65. The van der Waals surface area contributed by atoms with Crippen molar-refractivity contribution in [1.29, 1.82) is 0 Å². The minimum atomic E-state index is -1.26. The number of nitrogens with two attached hydrogens (primary N) is 1. The van der Waals surface area contributed by atoms with E-state index in [1.807, 2.05) is 65.1 Å². The Morgan fingerprint density at radius 1 is 1.03 bits per heavy atom. The molecule has 61 heavy (non-hydrogen) atoms. The molecule has 0 saturated carbocycles. The van der Waals surface area contributed by atoms with E-state index in [0.717, 1.165) is 11.3 Å². The maximum Gasteiger partial charge on any atom is 0.410 e. The Bertz CT molecular complexity index is 1800. The molecule has 342 valence electrons. The molecular formula is C44H71N7O10. The van der Waals surface area contributed by atoms with E-state index in [9.17, 15) is 24.6 Å². The molecule has 5 rings (SSSR count). The number of aryl methyl sites for hydroxylation is 1. The summed E-state index contributed by atoms with van der Waals surface area (Å²) in [5, 5.41) is 34.9. The van der Waals surface area contributed by atoms with Crippen molar-refractivity contribution in [3.8, 4) is 11.3 Å². The maximum atomic E-state index is 14.4. The molecule has 5 N–H and O–H groups in total. The fourth-order valence-electron chi connectivity index (χ4n) is 9.78. The Balaban J connectivity index is 1.39. The third-order valence-electron chi connectivity index (χ3n) is 13.2. The number of aromatic nitrogens is 3. The number of unbranched alkanes of at least 4 members (excludes halogenated alkanes) is 1. The molecule has 4 heterocycles. The number of hydrogen-bond acceptors (Lipinski definition) is 15. The molecule has 3 fully saturated rings. The molecule has 1 aromatic carbocycles. The van der Waals surface area contributed by atoms with Gasteiger partial charge in [0.25, 0.3) is 0 Å². The van der Waals surface area contributed by atoms with E-state index in [1.165, 1.54) is 6.92 Å². The van der Waals surface area contributed by atoms with Gasteiger partial charge in [-0.05, 0) is 98.5 Å². The number of fused-ring (bicyclic) bond motifs is 1. The normalized spacial score (nSPS) is 36.9. The molecule has 3 aliphatic heterocycles. The number of ketones is 1. The van der Waals surface area contributed by atoms with Crippen LogP contribution in [0.3, 0.4) is 0 Å². The number of nitrogens with one attached hydrogen (secondary N) is 1. The highest BCUT2D eigenvalue weighted by molar-refractivity contribution is 6.00. The van der Waals surface area contributed by atoms with Gasteiger partial charge in [0, 0.05) is 43.4 Å². The van der Waals surface area contributed by atoms with Crippen molar-refractivity contribution >= 4 is 23.5 Å². The fraction of sp³-hybridized carbons (Fsp3) is 0.750. The topological polar surface area (TPSA) is 213 Å². The molecule has 3 aliphatic rings. The van der Waals surface area contributed by atoms with Gasteiger partial charge in [-0.3, -0.25) is 19.2 Å². The summed E-state index contributed by atoms with van der Waals surface area (Å²) in [5.41, 5.74) is 5.83. The quantitative estimate of drug-likeness (QED) is 0.104. The Morgan fingerprint density at radius 2 is 1.74 bits per heavy atom. The zero-order chi connectivity index (χ0) is 45.0. The number of amides is 1. The minimum absolute atomic E-state index is 0.0576. The highest BCUT2D eigenvalue weighted by Gasteiger charge is 2.59. The van der Waals surface area contributed by atoms with Crippen molar-refractivity contribution in [3.05, 3.63) is 30.5 Å². The van der Waals surface area contributed by atoms with Crippen LogP contribution in [-0.2, 0) is 39.8 Å². The summed E-state index contributed by atoms with van der Waals surface area (Å²) in [5.74, 6) is -3.40. The number of aliphatic hydroxyl groups is 2. The van der Waals surface area contributed by atoms with Crippen LogP contribution < -0.4 is 11.1 Å². The van der Waals surface area contributed by atoms with Gasteiger partial charge in [-0.2, -0.15) is 0 Å². The summed E-state index contributed by atoms with van der Waals surface area (Å²) in [6, 6.07) is 5.91. The monoisotopic (exact) mass is 858 g/mol. The number of benzene rings is 1. The summed E-state index contributed by atoms with van der Waals surface area (Å²) in [7, 11) is 5.09. The van der Waals surface area contributed by atoms with Crippen molar-refractivity contribution in [2.45, 2.75) is 160 Å².